The van der Waals surface area contributed by atoms with Crippen molar-refractivity contribution >= 4 is 34.9 Å². The maximum atomic E-state index is 12.6. The Labute approximate surface area is 190 Å². The molecule has 1 heterocycles. The Hall–Kier alpha value is -3.87. The van der Waals surface area contributed by atoms with Gasteiger partial charge in [0.15, 0.2) is 5.82 Å². The van der Waals surface area contributed by atoms with Gasteiger partial charge in [-0.2, -0.15) is 10.4 Å². The van der Waals surface area contributed by atoms with Gasteiger partial charge in [-0.25, -0.2) is 4.68 Å². The van der Waals surface area contributed by atoms with Crippen molar-refractivity contribution < 1.29 is 14.3 Å². The fourth-order valence-corrected chi connectivity index (χ4v) is 3.17. The largest absolute Gasteiger partial charge is 0.495 e. The third-order valence-electron chi connectivity index (χ3n) is 4.41. The van der Waals surface area contributed by atoms with Gasteiger partial charge in [-0.15, -0.1) is 0 Å². The SMILES string of the molecule is COc1ccc(Cl)cc1NC(=O)CN(C)CC(=O)Nc1c(C#N)cnn1-c1ccccc1. The zero-order chi connectivity index (χ0) is 23.1. The van der Waals surface area contributed by atoms with Gasteiger partial charge in [0.25, 0.3) is 0 Å². The van der Waals surface area contributed by atoms with E-state index in [1.807, 2.05) is 36.4 Å². The molecular formula is C22H21ClN6O3. The maximum absolute atomic E-state index is 12.6. The topological polar surface area (TPSA) is 112 Å². The molecule has 3 rings (SSSR count). The van der Waals surface area contributed by atoms with Gasteiger partial charge >= 0.3 is 0 Å². The van der Waals surface area contributed by atoms with Crippen molar-refractivity contribution in [1.82, 2.24) is 14.7 Å². The molecule has 0 spiro atoms. The van der Waals surface area contributed by atoms with E-state index in [1.165, 1.54) is 22.9 Å². The molecule has 0 aliphatic heterocycles. The van der Waals surface area contributed by atoms with Crippen molar-refractivity contribution in [2.24, 2.45) is 0 Å². The van der Waals surface area contributed by atoms with Gasteiger partial charge in [-0.05, 0) is 37.4 Å². The Morgan fingerprint density at radius 1 is 1.16 bits per heavy atom. The molecule has 2 amide bonds. The average molecular weight is 453 g/mol. The van der Waals surface area contributed by atoms with E-state index in [0.29, 0.717) is 22.1 Å². The Morgan fingerprint density at radius 3 is 2.50 bits per heavy atom. The lowest BCUT2D eigenvalue weighted by Gasteiger charge is -2.17. The molecule has 0 fully saturated rings. The molecule has 0 bridgehead atoms. The second-order valence-electron chi connectivity index (χ2n) is 6.88. The summed E-state index contributed by atoms with van der Waals surface area (Å²) in [5.41, 5.74) is 1.37. The van der Waals surface area contributed by atoms with Crippen LogP contribution in [0.3, 0.4) is 0 Å². The fourth-order valence-electron chi connectivity index (χ4n) is 3.00. The summed E-state index contributed by atoms with van der Waals surface area (Å²) in [6, 6.07) is 16.0. The van der Waals surface area contributed by atoms with E-state index in [2.05, 4.69) is 15.7 Å². The van der Waals surface area contributed by atoms with Gasteiger partial charge in [-0.1, -0.05) is 29.8 Å². The van der Waals surface area contributed by atoms with Gasteiger partial charge in [0.1, 0.15) is 17.4 Å². The van der Waals surface area contributed by atoms with E-state index in [-0.39, 0.29) is 30.4 Å². The Bertz CT molecular complexity index is 1160. The number of carbonyl (C=O) groups is 2. The van der Waals surface area contributed by atoms with Crippen LogP contribution in [0.1, 0.15) is 5.56 Å². The molecule has 164 valence electrons. The number of hydrogen-bond acceptors (Lipinski definition) is 6. The van der Waals surface area contributed by atoms with Crippen LogP contribution in [0.15, 0.2) is 54.7 Å². The molecule has 2 N–H and O–H groups in total. The third-order valence-corrected chi connectivity index (χ3v) is 4.65. The maximum Gasteiger partial charge on any atom is 0.239 e. The van der Waals surface area contributed by atoms with Crippen LogP contribution in [0, 0.1) is 11.3 Å². The van der Waals surface area contributed by atoms with E-state index in [9.17, 15) is 14.9 Å². The lowest BCUT2D eigenvalue weighted by atomic mass is 10.3. The summed E-state index contributed by atoms with van der Waals surface area (Å²) < 4.78 is 6.69. The smallest absolute Gasteiger partial charge is 0.239 e. The molecule has 0 radical (unpaired) electrons. The zero-order valence-corrected chi connectivity index (χ0v) is 18.3. The lowest BCUT2D eigenvalue weighted by molar-refractivity contribution is -0.119. The highest BCUT2D eigenvalue weighted by Gasteiger charge is 2.17. The number of methoxy groups -OCH3 is 1. The molecular weight excluding hydrogens is 432 g/mol. The minimum Gasteiger partial charge on any atom is -0.495 e. The van der Waals surface area contributed by atoms with Gasteiger partial charge in [0.2, 0.25) is 11.8 Å². The predicted octanol–water partition coefficient (Wildman–Crippen LogP) is 2.91. The van der Waals surface area contributed by atoms with Crippen LogP contribution in [-0.4, -0.2) is 53.7 Å². The minimum absolute atomic E-state index is 0.0495. The molecule has 0 saturated heterocycles. The highest BCUT2D eigenvalue weighted by atomic mass is 35.5. The zero-order valence-electron chi connectivity index (χ0n) is 17.5. The second-order valence-corrected chi connectivity index (χ2v) is 7.32. The Balaban J connectivity index is 1.62. The Morgan fingerprint density at radius 2 is 1.84 bits per heavy atom. The van der Waals surface area contributed by atoms with Gasteiger partial charge in [0, 0.05) is 5.02 Å². The number of aromatic nitrogens is 2. The number of likely N-dealkylation sites (N-methyl/N-ethyl adjacent to an activating group) is 1. The summed E-state index contributed by atoms with van der Waals surface area (Å²) in [6.07, 6.45) is 1.39. The van der Waals surface area contributed by atoms with Gasteiger partial charge < -0.3 is 15.4 Å². The first-order valence-corrected chi connectivity index (χ1v) is 9.94. The van der Waals surface area contributed by atoms with E-state index < -0.39 is 5.91 Å². The summed E-state index contributed by atoms with van der Waals surface area (Å²) in [6.45, 7) is -0.128. The van der Waals surface area contributed by atoms with Crippen molar-refractivity contribution in [2.75, 3.05) is 37.9 Å². The first kappa shape index (κ1) is 22.8. The molecule has 0 atom stereocenters. The fraction of sp³-hybridized carbons (Fsp3) is 0.182. The first-order chi connectivity index (χ1) is 15.4. The van der Waals surface area contributed by atoms with Crippen LogP contribution in [-0.2, 0) is 9.59 Å². The van der Waals surface area contributed by atoms with Crippen LogP contribution < -0.4 is 15.4 Å². The number of hydrogen-bond donors (Lipinski definition) is 2. The first-order valence-electron chi connectivity index (χ1n) is 9.56. The molecule has 0 unspecified atom stereocenters. The number of nitrogens with zero attached hydrogens (tertiary/aromatic N) is 4. The van der Waals surface area contributed by atoms with Crippen molar-refractivity contribution in [3.63, 3.8) is 0 Å². The number of nitriles is 1. The second kappa shape index (κ2) is 10.4. The molecule has 32 heavy (non-hydrogen) atoms. The monoisotopic (exact) mass is 452 g/mol. The number of para-hydroxylation sites is 1. The molecule has 9 nitrogen and oxygen atoms in total. The molecule has 0 saturated carbocycles. The molecule has 2 aromatic carbocycles. The van der Waals surface area contributed by atoms with Crippen molar-refractivity contribution in [3.05, 3.63) is 65.3 Å². The number of benzene rings is 2. The summed E-state index contributed by atoms with van der Waals surface area (Å²) in [7, 11) is 3.12. The number of amides is 2. The molecule has 3 aromatic rings. The molecule has 1 aromatic heterocycles. The normalized spacial score (nSPS) is 10.5. The summed E-state index contributed by atoms with van der Waals surface area (Å²) in [5.74, 6) is 0.00861. The lowest BCUT2D eigenvalue weighted by Crippen LogP contribution is -2.36. The summed E-state index contributed by atoms with van der Waals surface area (Å²) in [5, 5.41) is 19.4. The minimum atomic E-state index is -0.394. The number of carbonyl (C=O) groups excluding carboxylic acids is 2. The van der Waals surface area contributed by atoms with E-state index in [0.717, 1.165) is 0 Å². The molecule has 10 heteroatoms. The van der Waals surface area contributed by atoms with Gasteiger partial charge in [-0.3, -0.25) is 14.5 Å². The standard InChI is InChI=1S/C22H21ClN6O3/c1-28(13-20(30)26-18-10-16(23)8-9-19(18)32-2)14-21(31)27-22-15(11-24)12-25-29(22)17-6-4-3-5-7-17/h3-10,12H,13-14H2,1-2H3,(H,26,30)(H,27,31). The number of ether oxygens (including phenoxy) is 1. The van der Waals surface area contributed by atoms with Crippen LogP contribution in [0.4, 0.5) is 11.5 Å². The van der Waals surface area contributed by atoms with Crippen molar-refractivity contribution in [2.45, 2.75) is 0 Å². The van der Waals surface area contributed by atoms with Crippen LogP contribution >= 0.6 is 11.6 Å². The van der Waals surface area contributed by atoms with Crippen LogP contribution in [0.2, 0.25) is 5.02 Å². The molecule has 0 aliphatic rings. The highest BCUT2D eigenvalue weighted by Crippen LogP contribution is 2.27. The number of halogens is 1. The number of nitrogens with one attached hydrogen (secondary N) is 2. The predicted molar refractivity (Wildman–Crippen MR) is 121 cm³/mol. The quantitative estimate of drug-likeness (QED) is 0.543. The average Bonchev–Trinajstić information content (AvgIpc) is 3.16. The van der Waals surface area contributed by atoms with Crippen LogP contribution in [0.25, 0.3) is 5.69 Å². The van der Waals surface area contributed by atoms with E-state index in [1.54, 1.807) is 25.2 Å². The Kier molecular flexibility index (Phi) is 7.44. The number of anilines is 2. The van der Waals surface area contributed by atoms with Crippen LogP contribution in [0.5, 0.6) is 5.75 Å². The van der Waals surface area contributed by atoms with Crippen molar-refractivity contribution in [3.8, 4) is 17.5 Å². The third kappa shape index (κ3) is 5.63. The van der Waals surface area contributed by atoms with E-state index >= 15 is 0 Å². The summed E-state index contributed by atoms with van der Waals surface area (Å²) >= 11 is 5.98. The number of rotatable bonds is 8. The summed E-state index contributed by atoms with van der Waals surface area (Å²) in [4.78, 5) is 26.5. The molecule has 0 aliphatic carbocycles. The van der Waals surface area contributed by atoms with Gasteiger partial charge in [0.05, 0.1) is 37.8 Å². The van der Waals surface area contributed by atoms with Crippen molar-refractivity contribution in [1.29, 1.82) is 5.26 Å². The highest BCUT2D eigenvalue weighted by molar-refractivity contribution is 6.31. The van der Waals surface area contributed by atoms with E-state index in [4.69, 9.17) is 16.3 Å².